The molecule has 0 aromatic carbocycles. The van der Waals surface area contributed by atoms with Crippen LogP contribution < -0.4 is 5.32 Å². The Hall–Kier alpha value is 0.110. The maximum Gasteiger partial charge on any atom is 0.0360 e. The minimum absolute atomic E-state index is 0.571. The zero-order valence-electron chi connectivity index (χ0n) is 7.84. The first-order valence-corrected chi connectivity index (χ1v) is 6.40. The van der Waals surface area contributed by atoms with E-state index in [1.54, 1.807) is 0 Å². The molecule has 1 rings (SSSR count). The van der Waals surface area contributed by atoms with Gasteiger partial charge in [-0.25, -0.2) is 0 Å². The van der Waals surface area contributed by atoms with E-state index < -0.39 is 10.8 Å². The first-order valence-electron chi connectivity index (χ1n) is 4.91. The van der Waals surface area contributed by atoms with Crippen LogP contribution in [0.3, 0.4) is 0 Å². The Morgan fingerprint density at radius 1 is 1.42 bits per heavy atom. The molecule has 0 spiro atoms. The molecule has 0 heterocycles. The zero-order chi connectivity index (χ0) is 8.81. The fourth-order valence-electron chi connectivity index (χ4n) is 1.07. The summed E-state index contributed by atoms with van der Waals surface area (Å²) < 4.78 is 11.3. The van der Waals surface area contributed by atoms with Crippen molar-refractivity contribution < 1.29 is 4.21 Å². The Morgan fingerprint density at radius 3 is 2.75 bits per heavy atom. The summed E-state index contributed by atoms with van der Waals surface area (Å²) in [6.45, 7) is 3.08. The monoisotopic (exact) mass is 189 g/mol. The summed E-state index contributed by atoms with van der Waals surface area (Å²) in [6.07, 6.45) is 4.90. The predicted molar refractivity (Wildman–Crippen MR) is 53.8 cm³/mol. The van der Waals surface area contributed by atoms with Crippen molar-refractivity contribution in [1.82, 2.24) is 5.32 Å². The number of hydrogen-bond donors (Lipinski definition) is 1. The van der Waals surface area contributed by atoms with Crippen molar-refractivity contribution in [2.75, 3.05) is 18.1 Å². The Balaban J connectivity index is 1.86. The van der Waals surface area contributed by atoms with E-state index >= 15 is 0 Å². The first-order chi connectivity index (χ1) is 5.83. The molecular weight excluding hydrogens is 170 g/mol. The highest BCUT2D eigenvalue weighted by molar-refractivity contribution is 7.84. The van der Waals surface area contributed by atoms with Gasteiger partial charge < -0.3 is 5.32 Å². The molecule has 0 saturated heterocycles. The van der Waals surface area contributed by atoms with Crippen LogP contribution in [0.5, 0.6) is 0 Å². The van der Waals surface area contributed by atoms with Gasteiger partial charge in [0.1, 0.15) is 0 Å². The van der Waals surface area contributed by atoms with Crippen molar-refractivity contribution in [3.63, 3.8) is 0 Å². The van der Waals surface area contributed by atoms with Crippen molar-refractivity contribution in [1.29, 1.82) is 0 Å². The summed E-state index contributed by atoms with van der Waals surface area (Å²) in [7, 11) is -0.571. The fourth-order valence-corrected chi connectivity index (χ4v) is 2.23. The third-order valence-corrected chi connectivity index (χ3v) is 3.47. The molecule has 0 radical (unpaired) electrons. The summed E-state index contributed by atoms with van der Waals surface area (Å²) in [6, 6.07) is 0.758. The molecule has 12 heavy (non-hydrogen) atoms. The normalized spacial score (nSPS) is 19.4. The minimum Gasteiger partial charge on any atom is -0.313 e. The lowest BCUT2D eigenvalue weighted by Gasteiger charge is -2.02. The highest BCUT2D eigenvalue weighted by atomic mass is 32.2. The minimum atomic E-state index is -0.571. The van der Waals surface area contributed by atoms with Crippen LogP contribution in [0, 0.1) is 0 Å². The van der Waals surface area contributed by atoms with Crippen LogP contribution in [0.2, 0.25) is 0 Å². The molecular formula is C9H19NOS. The van der Waals surface area contributed by atoms with Crippen molar-refractivity contribution in [3.05, 3.63) is 0 Å². The first kappa shape index (κ1) is 10.2. The Labute approximate surface area is 77.6 Å². The quantitative estimate of drug-likeness (QED) is 0.654. The van der Waals surface area contributed by atoms with Crippen LogP contribution in [0.4, 0.5) is 0 Å². The topological polar surface area (TPSA) is 29.1 Å². The summed E-state index contributed by atoms with van der Waals surface area (Å²) in [5.41, 5.74) is 0. The van der Waals surface area contributed by atoms with Gasteiger partial charge in [0.15, 0.2) is 0 Å². The van der Waals surface area contributed by atoms with Gasteiger partial charge in [-0.3, -0.25) is 4.21 Å². The Morgan fingerprint density at radius 2 is 2.17 bits per heavy atom. The summed E-state index contributed by atoms with van der Waals surface area (Å²) in [5.74, 6) is 1.74. The van der Waals surface area contributed by atoms with E-state index in [0.717, 1.165) is 36.9 Å². The van der Waals surface area contributed by atoms with Crippen LogP contribution in [-0.4, -0.2) is 28.3 Å². The predicted octanol–water partition coefficient (Wildman–Crippen LogP) is 1.29. The average molecular weight is 189 g/mol. The maximum atomic E-state index is 11.3. The molecule has 1 aliphatic rings. The molecule has 0 bridgehead atoms. The van der Waals surface area contributed by atoms with E-state index in [1.807, 2.05) is 0 Å². The maximum absolute atomic E-state index is 11.3. The molecule has 0 amide bonds. The van der Waals surface area contributed by atoms with Gasteiger partial charge in [-0.05, 0) is 19.3 Å². The van der Waals surface area contributed by atoms with Crippen LogP contribution >= 0.6 is 0 Å². The van der Waals surface area contributed by atoms with Gasteiger partial charge in [-0.15, -0.1) is 0 Å². The van der Waals surface area contributed by atoms with E-state index in [-0.39, 0.29) is 0 Å². The molecule has 1 fully saturated rings. The summed E-state index contributed by atoms with van der Waals surface area (Å²) in [4.78, 5) is 0. The number of unbranched alkanes of at least 4 members (excludes halogenated alkanes) is 1. The van der Waals surface area contributed by atoms with E-state index in [2.05, 4.69) is 12.2 Å². The van der Waals surface area contributed by atoms with Crippen molar-refractivity contribution in [2.24, 2.45) is 0 Å². The molecule has 0 aromatic rings. The largest absolute Gasteiger partial charge is 0.313 e. The second kappa shape index (κ2) is 5.70. The third kappa shape index (κ3) is 4.88. The molecule has 2 nitrogen and oxygen atoms in total. The smallest absolute Gasteiger partial charge is 0.0360 e. The van der Waals surface area contributed by atoms with Crippen LogP contribution in [0.1, 0.15) is 32.6 Å². The lowest BCUT2D eigenvalue weighted by Crippen LogP contribution is -2.23. The van der Waals surface area contributed by atoms with E-state index in [4.69, 9.17) is 0 Å². The van der Waals surface area contributed by atoms with Crippen molar-refractivity contribution in [3.8, 4) is 0 Å². The van der Waals surface area contributed by atoms with E-state index in [9.17, 15) is 4.21 Å². The molecule has 1 N–H and O–H groups in total. The van der Waals surface area contributed by atoms with E-state index in [0.29, 0.717) is 0 Å². The van der Waals surface area contributed by atoms with Gasteiger partial charge >= 0.3 is 0 Å². The van der Waals surface area contributed by atoms with Crippen LogP contribution in [-0.2, 0) is 10.8 Å². The Bertz CT molecular complexity index is 145. The third-order valence-electron chi connectivity index (χ3n) is 2.07. The molecule has 1 unspecified atom stereocenters. The molecule has 0 aromatic heterocycles. The standard InChI is InChI=1S/C9H19NOS/c1-2-3-7-12(11)8-6-10-9-4-5-9/h9-10H,2-8H2,1H3. The van der Waals surface area contributed by atoms with Crippen molar-refractivity contribution in [2.45, 2.75) is 38.6 Å². The zero-order valence-corrected chi connectivity index (χ0v) is 8.66. The summed E-state index contributed by atoms with van der Waals surface area (Å²) >= 11 is 0. The average Bonchev–Trinajstić information content (AvgIpc) is 2.84. The van der Waals surface area contributed by atoms with Crippen LogP contribution in [0.15, 0.2) is 0 Å². The van der Waals surface area contributed by atoms with Gasteiger partial charge in [0, 0.05) is 34.9 Å². The molecule has 1 aliphatic carbocycles. The SMILES string of the molecule is CCCCS(=O)CCNC1CC1. The summed E-state index contributed by atoms with van der Waals surface area (Å²) in [5, 5.41) is 3.37. The molecule has 0 aliphatic heterocycles. The molecule has 3 heteroatoms. The van der Waals surface area contributed by atoms with Gasteiger partial charge in [-0.2, -0.15) is 0 Å². The second-order valence-electron chi connectivity index (χ2n) is 3.43. The number of rotatable bonds is 7. The van der Waals surface area contributed by atoms with Crippen molar-refractivity contribution >= 4 is 10.8 Å². The van der Waals surface area contributed by atoms with Gasteiger partial charge in [0.25, 0.3) is 0 Å². The Kier molecular flexibility index (Phi) is 4.84. The van der Waals surface area contributed by atoms with Gasteiger partial charge in [0.05, 0.1) is 0 Å². The lowest BCUT2D eigenvalue weighted by atomic mass is 10.4. The van der Waals surface area contributed by atoms with E-state index in [1.165, 1.54) is 12.8 Å². The highest BCUT2D eigenvalue weighted by Crippen LogP contribution is 2.17. The fraction of sp³-hybridized carbons (Fsp3) is 1.00. The highest BCUT2D eigenvalue weighted by Gasteiger charge is 2.19. The number of hydrogen-bond acceptors (Lipinski definition) is 2. The van der Waals surface area contributed by atoms with Crippen LogP contribution in [0.25, 0.3) is 0 Å². The van der Waals surface area contributed by atoms with Gasteiger partial charge in [0.2, 0.25) is 0 Å². The van der Waals surface area contributed by atoms with Gasteiger partial charge in [-0.1, -0.05) is 13.3 Å². The second-order valence-corrected chi connectivity index (χ2v) is 5.13. The molecule has 1 saturated carbocycles. The molecule has 72 valence electrons. The lowest BCUT2D eigenvalue weighted by molar-refractivity contribution is 0.669. The molecule has 1 atom stereocenters. The number of nitrogens with one attached hydrogen (secondary N) is 1.